The van der Waals surface area contributed by atoms with Crippen molar-refractivity contribution in [2.24, 2.45) is 0 Å². The van der Waals surface area contributed by atoms with E-state index in [-0.39, 0.29) is 11.7 Å². The molecule has 0 aliphatic carbocycles. The summed E-state index contributed by atoms with van der Waals surface area (Å²) in [7, 11) is 0. The number of aromatic nitrogens is 5. The molecule has 0 aliphatic rings. The highest BCUT2D eigenvalue weighted by atomic mass is 35.5. The van der Waals surface area contributed by atoms with Crippen LogP contribution in [0.1, 0.15) is 17.0 Å². The molecule has 7 nitrogen and oxygen atoms in total. The number of nitrogens with zero attached hydrogens (tertiary/aromatic N) is 5. The van der Waals surface area contributed by atoms with E-state index in [2.05, 4.69) is 37.8 Å². The Bertz CT molecular complexity index is 1440. The second-order valence-electron chi connectivity index (χ2n) is 7.89. The average molecular weight is 533 g/mol. The summed E-state index contributed by atoms with van der Waals surface area (Å²) < 4.78 is 2.05. The summed E-state index contributed by atoms with van der Waals surface area (Å²) in [6.45, 7) is 0.577. The fourth-order valence-electron chi connectivity index (χ4n) is 3.52. The lowest BCUT2D eigenvalue weighted by Crippen LogP contribution is -2.15. The van der Waals surface area contributed by atoms with Gasteiger partial charge in [-0.05, 0) is 23.3 Å². The molecule has 0 saturated carbocycles. The largest absolute Gasteiger partial charge is 0.301 e. The van der Waals surface area contributed by atoms with Crippen LogP contribution in [-0.4, -0.2) is 36.6 Å². The van der Waals surface area contributed by atoms with Gasteiger partial charge in [0, 0.05) is 17.0 Å². The van der Waals surface area contributed by atoms with Gasteiger partial charge >= 0.3 is 0 Å². The smallest absolute Gasteiger partial charge is 0.236 e. The lowest BCUT2D eigenvalue weighted by Gasteiger charge is -2.11. The van der Waals surface area contributed by atoms with E-state index >= 15 is 0 Å². The molecule has 0 saturated heterocycles. The Morgan fingerprint density at radius 1 is 0.861 bits per heavy atom. The van der Waals surface area contributed by atoms with Crippen LogP contribution in [0, 0.1) is 0 Å². The number of amides is 1. The first-order chi connectivity index (χ1) is 17.6. The molecule has 5 aromatic rings. The van der Waals surface area contributed by atoms with Crippen LogP contribution < -0.4 is 5.32 Å². The number of rotatable bonds is 9. The monoisotopic (exact) mass is 532 g/mol. The maximum atomic E-state index is 12.7. The van der Waals surface area contributed by atoms with Crippen LogP contribution in [0.5, 0.6) is 0 Å². The molecule has 5 rings (SSSR count). The molecule has 3 aromatic carbocycles. The quantitative estimate of drug-likeness (QED) is 0.241. The minimum Gasteiger partial charge on any atom is -0.301 e. The van der Waals surface area contributed by atoms with Crippen molar-refractivity contribution >= 4 is 45.7 Å². The van der Waals surface area contributed by atoms with Gasteiger partial charge in [-0.15, -0.1) is 20.4 Å². The minimum absolute atomic E-state index is 0.171. The van der Waals surface area contributed by atoms with Crippen LogP contribution in [0.3, 0.4) is 0 Å². The van der Waals surface area contributed by atoms with Crippen molar-refractivity contribution < 1.29 is 4.79 Å². The number of hydrogen-bond donors (Lipinski definition) is 1. The summed E-state index contributed by atoms with van der Waals surface area (Å²) in [5.74, 6) is 0.821. The van der Waals surface area contributed by atoms with Gasteiger partial charge < -0.3 is 4.57 Å². The maximum absolute atomic E-state index is 12.7. The van der Waals surface area contributed by atoms with Crippen molar-refractivity contribution in [2.45, 2.75) is 18.1 Å². The molecule has 2 aromatic heterocycles. The SMILES string of the molecule is O=C(CSc1nnc(Cc2ccccc2)n1Cc1ccc(Cl)cc1)Nc1nnc(-c2ccccc2)s1. The van der Waals surface area contributed by atoms with E-state index < -0.39 is 0 Å². The van der Waals surface area contributed by atoms with Gasteiger partial charge in [-0.2, -0.15) is 0 Å². The van der Waals surface area contributed by atoms with Crippen molar-refractivity contribution in [1.29, 1.82) is 0 Å². The van der Waals surface area contributed by atoms with Crippen LogP contribution in [0.4, 0.5) is 5.13 Å². The van der Waals surface area contributed by atoms with Crippen LogP contribution in [0.15, 0.2) is 90.1 Å². The van der Waals surface area contributed by atoms with E-state index in [4.69, 9.17) is 11.6 Å². The van der Waals surface area contributed by atoms with Crippen molar-refractivity contribution in [3.63, 3.8) is 0 Å². The Kier molecular flexibility index (Phi) is 7.70. The summed E-state index contributed by atoms with van der Waals surface area (Å²) in [5.41, 5.74) is 3.18. The molecule has 0 fully saturated rings. The fraction of sp³-hybridized carbons (Fsp3) is 0.115. The molecule has 36 heavy (non-hydrogen) atoms. The highest BCUT2D eigenvalue weighted by molar-refractivity contribution is 7.99. The van der Waals surface area contributed by atoms with Crippen molar-refractivity contribution in [2.75, 3.05) is 11.1 Å². The molecule has 2 heterocycles. The van der Waals surface area contributed by atoms with Crippen LogP contribution in [0.2, 0.25) is 5.02 Å². The zero-order valence-electron chi connectivity index (χ0n) is 19.0. The first-order valence-corrected chi connectivity index (χ1v) is 13.3. The summed E-state index contributed by atoms with van der Waals surface area (Å²) in [6, 6.07) is 27.6. The number of nitrogens with one attached hydrogen (secondary N) is 1. The third kappa shape index (κ3) is 6.17. The average Bonchev–Trinajstić information content (AvgIpc) is 3.52. The molecule has 180 valence electrons. The zero-order chi connectivity index (χ0) is 24.7. The molecule has 0 unspecified atom stereocenters. The van der Waals surface area contributed by atoms with E-state index in [9.17, 15) is 4.79 Å². The summed E-state index contributed by atoms with van der Waals surface area (Å²) in [6.07, 6.45) is 0.640. The molecule has 0 bridgehead atoms. The van der Waals surface area contributed by atoms with Gasteiger partial charge in [0.25, 0.3) is 0 Å². The van der Waals surface area contributed by atoms with E-state index in [1.807, 2.05) is 77.4 Å². The van der Waals surface area contributed by atoms with Crippen LogP contribution in [0.25, 0.3) is 10.6 Å². The third-order valence-corrected chi connectivity index (χ3v) is 7.38. The fourth-order valence-corrected chi connectivity index (χ4v) is 5.17. The van der Waals surface area contributed by atoms with Gasteiger partial charge in [0.1, 0.15) is 10.8 Å². The Labute approximate surface area is 221 Å². The zero-order valence-corrected chi connectivity index (χ0v) is 21.4. The topological polar surface area (TPSA) is 85.6 Å². The number of hydrogen-bond acceptors (Lipinski definition) is 7. The van der Waals surface area contributed by atoms with Crippen molar-refractivity contribution in [3.8, 4) is 10.6 Å². The Balaban J connectivity index is 1.28. The molecule has 0 atom stereocenters. The number of carbonyl (C=O) groups is 1. The number of carbonyl (C=O) groups excluding carboxylic acids is 1. The van der Waals surface area contributed by atoms with Crippen LogP contribution in [-0.2, 0) is 17.8 Å². The number of thioether (sulfide) groups is 1. The predicted molar refractivity (Wildman–Crippen MR) is 145 cm³/mol. The maximum Gasteiger partial charge on any atom is 0.236 e. The molecule has 1 amide bonds. The molecule has 1 N–H and O–H groups in total. The second kappa shape index (κ2) is 11.5. The minimum atomic E-state index is -0.179. The van der Waals surface area contributed by atoms with Gasteiger partial charge in [-0.1, -0.05) is 107 Å². The Morgan fingerprint density at radius 2 is 1.58 bits per heavy atom. The molecule has 0 aliphatic heterocycles. The lowest BCUT2D eigenvalue weighted by atomic mass is 10.1. The number of halogens is 1. The second-order valence-corrected chi connectivity index (χ2v) is 10.2. The first kappa shape index (κ1) is 24.2. The Hall–Kier alpha value is -3.53. The van der Waals surface area contributed by atoms with Crippen molar-refractivity contribution in [3.05, 3.63) is 107 Å². The molecular weight excluding hydrogens is 512 g/mol. The van der Waals surface area contributed by atoms with E-state index in [1.165, 1.54) is 23.1 Å². The van der Waals surface area contributed by atoms with Gasteiger partial charge in [0.15, 0.2) is 5.16 Å². The molecule has 0 radical (unpaired) electrons. The molecular formula is C26H21ClN6OS2. The van der Waals surface area contributed by atoms with E-state index in [0.29, 0.717) is 28.3 Å². The lowest BCUT2D eigenvalue weighted by molar-refractivity contribution is -0.113. The Morgan fingerprint density at radius 3 is 2.33 bits per heavy atom. The predicted octanol–water partition coefficient (Wildman–Crippen LogP) is 5.82. The van der Waals surface area contributed by atoms with E-state index in [1.54, 1.807) is 0 Å². The standard InChI is InChI=1S/C26H21ClN6OS2/c27-21-13-11-19(12-14-21)16-33-22(15-18-7-3-1-4-8-18)29-32-26(33)35-17-23(34)28-25-31-30-24(36-25)20-9-5-2-6-10-20/h1-14H,15-17H2,(H,28,31,34). The van der Waals surface area contributed by atoms with Gasteiger partial charge in [0.05, 0.1) is 12.3 Å². The first-order valence-electron chi connectivity index (χ1n) is 11.2. The highest BCUT2D eigenvalue weighted by Gasteiger charge is 2.16. The molecule has 10 heteroatoms. The summed E-state index contributed by atoms with van der Waals surface area (Å²) in [5, 5.41) is 22.5. The normalized spacial score (nSPS) is 10.9. The third-order valence-electron chi connectivity index (χ3n) is 5.28. The number of benzene rings is 3. The van der Waals surface area contributed by atoms with Gasteiger partial charge in [-0.3, -0.25) is 10.1 Å². The van der Waals surface area contributed by atoms with E-state index in [0.717, 1.165) is 27.5 Å². The summed E-state index contributed by atoms with van der Waals surface area (Å²) in [4.78, 5) is 12.7. The van der Waals surface area contributed by atoms with Crippen LogP contribution >= 0.6 is 34.7 Å². The highest BCUT2D eigenvalue weighted by Crippen LogP contribution is 2.26. The number of anilines is 1. The van der Waals surface area contributed by atoms with Gasteiger partial charge in [-0.25, -0.2) is 0 Å². The molecule has 0 spiro atoms. The van der Waals surface area contributed by atoms with Gasteiger partial charge in [0.2, 0.25) is 11.0 Å². The summed E-state index contributed by atoms with van der Waals surface area (Å²) >= 11 is 8.74. The van der Waals surface area contributed by atoms with Crippen molar-refractivity contribution in [1.82, 2.24) is 25.0 Å².